The van der Waals surface area contributed by atoms with Crippen molar-refractivity contribution >= 4 is 17.2 Å². The Hall–Kier alpha value is -0.980. The van der Waals surface area contributed by atoms with Gasteiger partial charge in [-0.3, -0.25) is 4.79 Å². The Kier molecular flexibility index (Phi) is 3.78. The lowest BCUT2D eigenvalue weighted by Gasteiger charge is -2.15. The molecule has 0 fully saturated rings. The molecule has 1 amide bonds. The Morgan fingerprint density at radius 3 is 2.53 bits per heavy atom. The molecule has 6 heteroatoms. The van der Waals surface area contributed by atoms with Crippen LogP contribution in [0.1, 0.15) is 28.1 Å². The molecule has 2 unspecified atom stereocenters. The maximum atomic E-state index is 10.6. The number of thiazole rings is 1. The van der Waals surface area contributed by atoms with E-state index in [1.807, 2.05) is 6.92 Å². The van der Waals surface area contributed by atoms with E-state index in [2.05, 4.69) is 4.98 Å². The Balaban J connectivity index is 2.79. The Labute approximate surface area is 91.6 Å². The Bertz CT molecular complexity index is 364. The summed E-state index contributed by atoms with van der Waals surface area (Å²) in [6, 6.07) is 0. The van der Waals surface area contributed by atoms with Gasteiger partial charge in [-0.15, -0.1) is 11.3 Å². The van der Waals surface area contributed by atoms with Gasteiger partial charge in [-0.05, 0) is 13.8 Å². The van der Waals surface area contributed by atoms with Crippen molar-refractivity contribution in [2.45, 2.75) is 32.5 Å². The van der Waals surface area contributed by atoms with Crippen molar-refractivity contribution in [2.24, 2.45) is 5.73 Å². The molecule has 1 aromatic rings. The molecule has 0 aromatic carbocycles. The number of hydrogen-bond acceptors (Lipinski definition) is 5. The highest BCUT2D eigenvalue weighted by molar-refractivity contribution is 7.11. The molecule has 1 rings (SSSR count). The minimum atomic E-state index is -1.17. The molecular weight excluding hydrogens is 216 g/mol. The maximum Gasteiger partial charge on any atom is 0.220 e. The first kappa shape index (κ1) is 12.1. The first-order valence-corrected chi connectivity index (χ1v) is 5.31. The topological polar surface area (TPSA) is 96.4 Å². The highest BCUT2D eigenvalue weighted by Crippen LogP contribution is 2.27. The van der Waals surface area contributed by atoms with Gasteiger partial charge in [0.15, 0.2) is 0 Å². The van der Waals surface area contributed by atoms with Crippen LogP contribution in [0.4, 0.5) is 0 Å². The number of aliphatic hydroxyl groups excluding tert-OH is 2. The van der Waals surface area contributed by atoms with Crippen LogP contribution in [0, 0.1) is 13.8 Å². The molecule has 5 nitrogen and oxygen atoms in total. The molecule has 15 heavy (non-hydrogen) atoms. The van der Waals surface area contributed by atoms with Crippen molar-refractivity contribution in [1.29, 1.82) is 0 Å². The number of amides is 1. The molecular formula is C9H14N2O3S. The number of carbonyl (C=O) groups is 1. The number of aryl methyl sites for hydroxylation is 2. The molecule has 4 N–H and O–H groups in total. The monoisotopic (exact) mass is 230 g/mol. The Morgan fingerprint density at radius 2 is 2.13 bits per heavy atom. The summed E-state index contributed by atoms with van der Waals surface area (Å²) in [4.78, 5) is 15.3. The molecule has 84 valence electrons. The summed E-state index contributed by atoms with van der Waals surface area (Å²) in [6.07, 6.45) is -2.51. The van der Waals surface area contributed by atoms with E-state index < -0.39 is 18.1 Å². The first-order valence-electron chi connectivity index (χ1n) is 4.50. The van der Waals surface area contributed by atoms with Crippen molar-refractivity contribution in [2.75, 3.05) is 0 Å². The van der Waals surface area contributed by atoms with Gasteiger partial charge in [0.05, 0.1) is 28.1 Å². The number of nitrogens with two attached hydrogens (primary N) is 1. The van der Waals surface area contributed by atoms with Crippen LogP contribution in [0.2, 0.25) is 0 Å². The fraction of sp³-hybridized carbons (Fsp3) is 0.556. The average molecular weight is 230 g/mol. The second-order valence-corrected chi connectivity index (χ2v) is 4.60. The number of carbonyl (C=O) groups excluding carboxylic acids is 1. The predicted octanol–water partition coefficient (Wildman–Crippen LogP) is 0.0296. The summed E-state index contributed by atoms with van der Waals surface area (Å²) in [5.41, 5.74) is 5.60. The van der Waals surface area contributed by atoms with Crippen molar-refractivity contribution in [3.8, 4) is 0 Å². The fourth-order valence-corrected chi connectivity index (χ4v) is 2.29. The van der Waals surface area contributed by atoms with E-state index in [4.69, 9.17) is 5.73 Å². The molecule has 1 heterocycles. The van der Waals surface area contributed by atoms with Crippen LogP contribution in [0.25, 0.3) is 0 Å². The second kappa shape index (κ2) is 4.69. The van der Waals surface area contributed by atoms with E-state index >= 15 is 0 Å². The zero-order valence-corrected chi connectivity index (χ0v) is 9.41. The van der Waals surface area contributed by atoms with Gasteiger partial charge in [0, 0.05) is 0 Å². The molecule has 0 aliphatic rings. The summed E-state index contributed by atoms with van der Waals surface area (Å²) in [5.74, 6) is -0.638. The van der Waals surface area contributed by atoms with Gasteiger partial charge in [-0.25, -0.2) is 4.98 Å². The highest BCUT2D eigenvalue weighted by Gasteiger charge is 2.24. The van der Waals surface area contributed by atoms with E-state index in [0.29, 0.717) is 10.6 Å². The van der Waals surface area contributed by atoms with E-state index in [1.165, 1.54) is 11.3 Å². The third-order valence-electron chi connectivity index (χ3n) is 1.98. The maximum absolute atomic E-state index is 10.6. The highest BCUT2D eigenvalue weighted by atomic mass is 32.1. The van der Waals surface area contributed by atoms with Gasteiger partial charge in [0.2, 0.25) is 5.91 Å². The molecule has 0 saturated heterocycles. The SMILES string of the molecule is Cc1nc(C)c(C(O)C(O)CC(N)=O)s1. The van der Waals surface area contributed by atoms with Crippen molar-refractivity contribution in [3.63, 3.8) is 0 Å². The van der Waals surface area contributed by atoms with Crippen molar-refractivity contribution in [3.05, 3.63) is 15.6 Å². The van der Waals surface area contributed by atoms with Gasteiger partial charge in [-0.2, -0.15) is 0 Å². The normalized spacial score (nSPS) is 14.9. The summed E-state index contributed by atoms with van der Waals surface area (Å²) >= 11 is 1.30. The minimum Gasteiger partial charge on any atom is -0.389 e. The third-order valence-corrected chi connectivity index (χ3v) is 3.13. The average Bonchev–Trinajstić information content (AvgIpc) is 2.42. The van der Waals surface area contributed by atoms with Crippen LogP contribution < -0.4 is 5.73 Å². The van der Waals surface area contributed by atoms with Crippen LogP contribution in [0.15, 0.2) is 0 Å². The number of rotatable bonds is 4. The van der Waals surface area contributed by atoms with Gasteiger partial charge < -0.3 is 15.9 Å². The van der Waals surface area contributed by atoms with E-state index in [-0.39, 0.29) is 6.42 Å². The molecule has 0 radical (unpaired) electrons. The summed E-state index contributed by atoms with van der Waals surface area (Å²) < 4.78 is 0. The first-order chi connectivity index (χ1) is 6.91. The van der Waals surface area contributed by atoms with Crippen LogP contribution in [-0.4, -0.2) is 27.2 Å². The number of primary amides is 1. The van der Waals surface area contributed by atoms with Gasteiger partial charge in [-0.1, -0.05) is 0 Å². The zero-order chi connectivity index (χ0) is 11.6. The molecule has 0 bridgehead atoms. The fourth-order valence-electron chi connectivity index (χ4n) is 1.31. The molecule has 0 aliphatic carbocycles. The van der Waals surface area contributed by atoms with Crippen molar-refractivity contribution in [1.82, 2.24) is 4.98 Å². The Morgan fingerprint density at radius 1 is 1.53 bits per heavy atom. The van der Waals surface area contributed by atoms with E-state index in [0.717, 1.165) is 5.01 Å². The molecule has 0 saturated carbocycles. The second-order valence-electron chi connectivity index (χ2n) is 3.37. The molecule has 1 aromatic heterocycles. The number of aliphatic hydroxyl groups is 2. The van der Waals surface area contributed by atoms with E-state index in [9.17, 15) is 15.0 Å². The van der Waals surface area contributed by atoms with E-state index in [1.54, 1.807) is 6.92 Å². The van der Waals surface area contributed by atoms with Crippen molar-refractivity contribution < 1.29 is 15.0 Å². The van der Waals surface area contributed by atoms with Crippen LogP contribution in [0.5, 0.6) is 0 Å². The standard InChI is InChI=1S/C9H14N2O3S/c1-4-9(15-5(2)11-4)8(14)6(12)3-7(10)13/h6,8,12,14H,3H2,1-2H3,(H2,10,13). The number of hydrogen-bond donors (Lipinski definition) is 3. The van der Waals surface area contributed by atoms with Crippen LogP contribution in [-0.2, 0) is 4.79 Å². The van der Waals surface area contributed by atoms with Gasteiger partial charge in [0.25, 0.3) is 0 Å². The van der Waals surface area contributed by atoms with Crippen LogP contribution >= 0.6 is 11.3 Å². The minimum absolute atomic E-state index is 0.252. The van der Waals surface area contributed by atoms with Crippen LogP contribution in [0.3, 0.4) is 0 Å². The van der Waals surface area contributed by atoms with Gasteiger partial charge in [0.1, 0.15) is 6.10 Å². The summed E-state index contributed by atoms with van der Waals surface area (Å²) in [5, 5.41) is 20.1. The third kappa shape index (κ3) is 2.98. The predicted molar refractivity (Wildman–Crippen MR) is 56.4 cm³/mol. The number of nitrogens with zero attached hydrogens (tertiary/aromatic N) is 1. The summed E-state index contributed by atoms with van der Waals surface area (Å²) in [6.45, 7) is 3.56. The smallest absolute Gasteiger partial charge is 0.220 e. The molecule has 2 atom stereocenters. The largest absolute Gasteiger partial charge is 0.389 e. The summed E-state index contributed by atoms with van der Waals surface area (Å²) in [7, 11) is 0. The molecule has 0 aliphatic heterocycles. The zero-order valence-electron chi connectivity index (χ0n) is 8.60. The molecule has 0 spiro atoms. The lowest BCUT2D eigenvalue weighted by molar-refractivity contribution is -0.121. The van der Waals surface area contributed by atoms with Gasteiger partial charge >= 0.3 is 0 Å². The quantitative estimate of drug-likeness (QED) is 0.680. The lowest BCUT2D eigenvalue weighted by atomic mass is 10.1. The lowest BCUT2D eigenvalue weighted by Crippen LogP contribution is -2.25. The number of aromatic nitrogens is 1.